The summed E-state index contributed by atoms with van der Waals surface area (Å²) in [5.41, 5.74) is 2.75. The number of nitrogens with one attached hydrogen (secondary N) is 1. The maximum absolute atomic E-state index is 12.3. The van der Waals surface area contributed by atoms with Crippen LogP contribution in [0.25, 0.3) is 11.1 Å². The molecule has 0 spiro atoms. The molecule has 23 heavy (non-hydrogen) atoms. The Morgan fingerprint density at radius 2 is 1.57 bits per heavy atom. The molecular formula is C19H22N2O2. The first-order chi connectivity index (χ1) is 11.1. The normalized spacial score (nSPS) is 10.2. The van der Waals surface area contributed by atoms with Crippen molar-refractivity contribution in [2.45, 2.75) is 13.3 Å². The van der Waals surface area contributed by atoms with Crippen LogP contribution < -0.4 is 5.32 Å². The third kappa shape index (κ3) is 4.68. The third-order valence-corrected chi connectivity index (χ3v) is 3.54. The summed E-state index contributed by atoms with van der Waals surface area (Å²) in [5.74, 6) is -0.292. The standard InChI is InChI=1S/C19H22N2O2/c1-3-13-20-18(22)14-21(2)19(23)17-11-9-16(10-12-17)15-7-5-4-6-8-15/h4-12H,3,13-14H2,1-2H3,(H,20,22). The van der Waals surface area contributed by atoms with Crippen molar-refractivity contribution in [1.29, 1.82) is 0 Å². The maximum atomic E-state index is 12.3. The number of carbonyl (C=O) groups excluding carboxylic acids is 2. The van der Waals surface area contributed by atoms with Gasteiger partial charge in [-0.2, -0.15) is 0 Å². The highest BCUT2D eigenvalue weighted by Crippen LogP contribution is 2.19. The molecule has 4 nitrogen and oxygen atoms in total. The van der Waals surface area contributed by atoms with Gasteiger partial charge in [0, 0.05) is 19.2 Å². The summed E-state index contributed by atoms with van der Waals surface area (Å²) in [7, 11) is 1.64. The van der Waals surface area contributed by atoms with Crippen LogP contribution in [0.3, 0.4) is 0 Å². The predicted octanol–water partition coefficient (Wildman–Crippen LogP) is 2.95. The van der Waals surface area contributed by atoms with Gasteiger partial charge in [-0.1, -0.05) is 49.4 Å². The van der Waals surface area contributed by atoms with Gasteiger partial charge < -0.3 is 10.2 Å². The lowest BCUT2D eigenvalue weighted by atomic mass is 10.0. The summed E-state index contributed by atoms with van der Waals surface area (Å²) in [6.45, 7) is 2.69. The average molecular weight is 310 g/mol. The third-order valence-electron chi connectivity index (χ3n) is 3.54. The number of likely N-dealkylation sites (N-methyl/N-ethyl adjacent to an activating group) is 1. The van der Waals surface area contributed by atoms with Crippen molar-refractivity contribution in [1.82, 2.24) is 10.2 Å². The molecule has 4 heteroatoms. The molecule has 0 radical (unpaired) electrons. The van der Waals surface area contributed by atoms with E-state index in [1.807, 2.05) is 49.4 Å². The molecule has 0 atom stereocenters. The summed E-state index contributed by atoms with van der Waals surface area (Å²) in [5, 5.41) is 2.77. The molecule has 0 aliphatic carbocycles. The Morgan fingerprint density at radius 3 is 2.17 bits per heavy atom. The van der Waals surface area contributed by atoms with E-state index in [0.717, 1.165) is 17.5 Å². The smallest absolute Gasteiger partial charge is 0.254 e. The molecule has 0 fully saturated rings. The number of hydrogen-bond donors (Lipinski definition) is 1. The molecule has 0 aliphatic rings. The highest BCUT2D eigenvalue weighted by molar-refractivity contribution is 5.96. The fourth-order valence-corrected chi connectivity index (χ4v) is 2.26. The van der Waals surface area contributed by atoms with E-state index < -0.39 is 0 Å². The molecule has 2 rings (SSSR count). The van der Waals surface area contributed by atoms with E-state index in [-0.39, 0.29) is 18.4 Å². The van der Waals surface area contributed by atoms with E-state index in [1.54, 1.807) is 19.2 Å². The SMILES string of the molecule is CCCNC(=O)CN(C)C(=O)c1ccc(-c2ccccc2)cc1. The molecule has 0 saturated heterocycles. The monoisotopic (exact) mass is 310 g/mol. The van der Waals surface area contributed by atoms with Crippen molar-refractivity contribution in [2.24, 2.45) is 0 Å². The van der Waals surface area contributed by atoms with Crippen molar-refractivity contribution >= 4 is 11.8 Å². The minimum absolute atomic E-state index is 0.0687. The van der Waals surface area contributed by atoms with Gasteiger partial charge in [0.05, 0.1) is 6.54 Å². The van der Waals surface area contributed by atoms with E-state index in [9.17, 15) is 9.59 Å². The summed E-state index contributed by atoms with van der Waals surface area (Å²) in [4.78, 5) is 25.5. The van der Waals surface area contributed by atoms with E-state index in [2.05, 4.69) is 5.32 Å². The molecule has 0 saturated carbocycles. The molecule has 2 aromatic carbocycles. The van der Waals surface area contributed by atoms with Gasteiger partial charge in [0.1, 0.15) is 0 Å². The number of nitrogens with zero attached hydrogens (tertiary/aromatic N) is 1. The zero-order chi connectivity index (χ0) is 16.7. The molecule has 2 aromatic rings. The Kier molecular flexibility index (Phi) is 5.92. The lowest BCUT2D eigenvalue weighted by Gasteiger charge is -2.17. The molecule has 2 amide bonds. The van der Waals surface area contributed by atoms with Crippen LogP contribution in [-0.4, -0.2) is 36.9 Å². The maximum Gasteiger partial charge on any atom is 0.254 e. The fourth-order valence-electron chi connectivity index (χ4n) is 2.26. The van der Waals surface area contributed by atoms with Crippen molar-refractivity contribution in [3.63, 3.8) is 0 Å². The van der Waals surface area contributed by atoms with Crippen molar-refractivity contribution in [3.8, 4) is 11.1 Å². The van der Waals surface area contributed by atoms with Gasteiger partial charge in [-0.05, 0) is 29.7 Å². The van der Waals surface area contributed by atoms with Crippen LogP contribution in [0.5, 0.6) is 0 Å². The van der Waals surface area contributed by atoms with E-state index >= 15 is 0 Å². The second-order valence-electron chi connectivity index (χ2n) is 5.45. The summed E-state index contributed by atoms with van der Waals surface area (Å²) in [6.07, 6.45) is 0.879. The quantitative estimate of drug-likeness (QED) is 0.892. The fraction of sp³-hybridized carbons (Fsp3) is 0.263. The zero-order valence-corrected chi connectivity index (χ0v) is 13.6. The van der Waals surface area contributed by atoms with Crippen LogP contribution in [0.15, 0.2) is 54.6 Å². The second-order valence-corrected chi connectivity index (χ2v) is 5.45. The van der Waals surface area contributed by atoms with Crippen LogP contribution in [0, 0.1) is 0 Å². The summed E-state index contributed by atoms with van der Waals surface area (Å²) in [6, 6.07) is 17.4. The lowest BCUT2D eigenvalue weighted by molar-refractivity contribution is -0.121. The Morgan fingerprint density at radius 1 is 0.957 bits per heavy atom. The minimum atomic E-state index is -0.156. The molecule has 0 heterocycles. The Balaban J connectivity index is 2.01. The molecule has 0 bridgehead atoms. The first kappa shape index (κ1) is 16.7. The summed E-state index contributed by atoms with van der Waals surface area (Å²) >= 11 is 0. The highest BCUT2D eigenvalue weighted by atomic mass is 16.2. The molecule has 1 N–H and O–H groups in total. The van der Waals surface area contributed by atoms with Gasteiger partial charge in [-0.15, -0.1) is 0 Å². The number of benzene rings is 2. The Labute approximate surface area is 137 Å². The van der Waals surface area contributed by atoms with Gasteiger partial charge in [0.2, 0.25) is 5.91 Å². The minimum Gasteiger partial charge on any atom is -0.355 e. The number of hydrogen-bond acceptors (Lipinski definition) is 2. The van der Waals surface area contributed by atoms with E-state index in [1.165, 1.54) is 4.90 Å². The first-order valence-corrected chi connectivity index (χ1v) is 7.79. The summed E-state index contributed by atoms with van der Waals surface area (Å²) < 4.78 is 0. The van der Waals surface area contributed by atoms with Crippen LogP contribution in [0.1, 0.15) is 23.7 Å². The largest absolute Gasteiger partial charge is 0.355 e. The molecule has 0 unspecified atom stereocenters. The number of rotatable bonds is 6. The van der Waals surface area contributed by atoms with E-state index in [0.29, 0.717) is 12.1 Å². The zero-order valence-electron chi connectivity index (χ0n) is 13.6. The molecule has 0 aromatic heterocycles. The molecular weight excluding hydrogens is 288 g/mol. The van der Waals surface area contributed by atoms with Gasteiger partial charge in [-0.3, -0.25) is 9.59 Å². The topological polar surface area (TPSA) is 49.4 Å². The van der Waals surface area contributed by atoms with Crippen molar-refractivity contribution in [2.75, 3.05) is 20.1 Å². The van der Waals surface area contributed by atoms with Gasteiger partial charge in [-0.25, -0.2) is 0 Å². The first-order valence-electron chi connectivity index (χ1n) is 7.79. The predicted molar refractivity (Wildman–Crippen MR) is 92.1 cm³/mol. The Bertz CT molecular complexity index is 651. The average Bonchev–Trinajstić information content (AvgIpc) is 2.60. The lowest BCUT2D eigenvalue weighted by Crippen LogP contribution is -2.38. The van der Waals surface area contributed by atoms with E-state index in [4.69, 9.17) is 0 Å². The van der Waals surface area contributed by atoms with Gasteiger partial charge >= 0.3 is 0 Å². The number of amides is 2. The molecule has 120 valence electrons. The van der Waals surface area contributed by atoms with Crippen molar-refractivity contribution < 1.29 is 9.59 Å². The second kappa shape index (κ2) is 8.13. The van der Waals surface area contributed by atoms with Crippen molar-refractivity contribution in [3.05, 3.63) is 60.2 Å². The number of carbonyl (C=O) groups is 2. The van der Waals surface area contributed by atoms with Gasteiger partial charge in [0.25, 0.3) is 5.91 Å². The van der Waals surface area contributed by atoms with Crippen LogP contribution >= 0.6 is 0 Å². The highest BCUT2D eigenvalue weighted by Gasteiger charge is 2.14. The van der Waals surface area contributed by atoms with Gasteiger partial charge in [0.15, 0.2) is 0 Å². The van der Waals surface area contributed by atoms with Crippen LogP contribution in [0.2, 0.25) is 0 Å². The van der Waals surface area contributed by atoms with Crippen LogP contribution in [-0.2, 0) is 4.79 Å². The van der Waals surface area contributed by atoms with Crippen LogP contribution in [0.4, 0.5) is 0 Å². The Hall–Kier alpha value is -2.62. The molecule has 0 aliphatic heterocycles.